The number of aliphatic hydroxyl groups excluding tert-OH is 2. The van der Waals surface area contributed by atoms with E-state index in [1.54, 1.807) is 17.8 Å². The van der Waals surface area contributed by atoms with Crippen molar-refractivity contribution in [3.63, 3.8) is 0 Å². The average molecular weight is 405 g/mol. The summed E-state index contributed by atoms with van der Waals surface area (Å²) in [7, 11) is 1.51. The van der Waals surface area contributed by atoms with Crippen molar-refractivity contribution in [2.75, 3.05) is 7.05 Å². The quantitative estimate of drug-likeness (QED) is 0.547. The average Bonchev–Trinajstić information content (AvgIpc) is 3.28. The Morgan fingerprint density at radius 1 is 1.23 bits per heavy atom. The summed E-state index contributed by atoms with van der Waals surface area (Å²) in [4.78, 5) is 25.7. The van der Waals surface area contributed by atoms with E-state index in [0.29, 0.717) is 22.7 Å². The highest BCUT2D eigenvalue weighted by Crippen LogP contribution is 2.45. The predicted molar refractivity (Wildman–Crippen MR) is 110 cm³/mol. The Labute approximate surface area is 174 Å². The summed E-state index contributed by atoms with van der Waals surface area (Å²) in [6, 6.07) is 8.98. The molecular weight excluding hydrogens is 382 g/mol. The third-order valence-electron chi connectivity index (χ3n) is 5.79. The molecule has 1 amide bonds. The Hall–Kier alpha value is -3.28. The van der Waals surface area contributed by atoms with Crippen LogP contribution in [-0.4, -0.2) is 54.9 Å². The lowest BCUT2D eigenvalue weighted by atomic mass is 9.85. The van der Waals surface area contributed by atoms with Crippen molar-refractivity contribution in [2.45, 2.75) is 38.5 Å². The first-order valence-electron chi connectivity index (χ1n) is 9.71. The van der Waals surface area contributed by atoms with Crippen molar-refractivity contribution in [2.24, 2.45) is 5.41 Å². The number of carbonyl (C=O) groups is 1. The number of nitrogens with zero attached hydrogens (tertiary/aromatic N) is 4. The van der Waals surface area contributed by atoms with Gasteiger partial charge in [0, 0.05) is 12.6 Å². The van der Waals surface area contributed by atoms with Crippen LogP contribution in [0.5, 0.6) is 0 Å². The van der Waals surface area contributed by atoms with Gasteiger partial charge in [-0.1, -0.05) is 24.1 Å². The maximum absolute atomic E-state index is 12.3. The van der Waals surface area contributed by atoms with Crippen LogP contribution in [0.25, 0.3) is 11.2 Å². The smallest absolute Gasteiger partial charge is 0.228 e. The molecule has 1 fully saturated rings. The van der Waals surface area contributed by atoms with Gasteiger partial charge in [0.25, 0.3) is 0 Å². The molecule has 0 spiro atoms. The molecule has 1 aliphatic rings. The van der Waals surface area contributed by atoms with Gasteiger partial charge < -0.3 is 20.1 Å². The van der Waals surface area contributed by atoms with Gasteiger partial charge in [-0.3, -0.25) is 4.79 Å². The summed E-state index contributed by atoms with van der Waals surface area (Å²) in [6.07, 6.45) is -0.537. The second-order valence-corrected chi connectivity index (χ2v) is 7.78. The molecule has 1 aliphatic carbocycles. The molecule has 2 aromatic heterocycles. The summed E-state index contributed by atoms with van der Waals surface area (Å²) in [5, 5.41) is 23.9. The molecule has 0 radical (unpaired) electrons. The van der Waals surface area contributed by atoms with Crippen molar-refractivity contribution >= 4 is 17.1 Å². The van der Waals surface area contributed by atoms with Crippen LogP contribution in [0, 0.1) is 24.2 Å². The summed E-state index contributed by atoms with van der Waals surface area (Å²) in [6.45, 7) is 3.47. The van der Waals surface area contributed by atoms with Gasteiger partial charge in [0.05, 0.1) is 29.6 Å². The molecule has 4 atom stereocenters. The fraction of sp³-hybridized carbons (Fsp3) is 0.364. The number of imidazole rings is 1. The number of nitrogens with one attached hydrogen (secondary N) is 1. The lowest BCUT2D eigenvalue weighted by Gasteiger charge is -2.26. The first-order chi connectivity index (χ1) is 14.3. The van der Waals surface area contributed by atoms with Crippen LogP contribution in [0.1, 0.15) is 36.5 Å². The molecule has 4 rings (SSSR count). The normalized spacial score (nSPS) is 25.7. The standard InChI is InChI=1S/C22H23N5O3/c1-13-17-20(26-16(25-13)10-9-14-7-5-4-6-8-14)27(12-24-17)15-11-22(2,21(30)23-3)19(29)18(15)28/h4-8,12,15,18-19,28-29H,11H2,1-3H3,(H,23,30)/t15-,18+,19+,22?/m1/s1. The molecule has 154 valence electrons. The number of amides is 1. The van der Waals surface area contributed by atoms with E-state index in [0.717, 1.165) is 5.56 Å². The highest BCUT2D eigenvalue weighted by Gasteiger charge is 2.54. The molecule has 0 bridgehead atoms. The molecule has 3 N–H and O–H groups in total. The third-order valence-corrected chi connectivity index (χ3v) is 5.79. The van der Waals surface area contributed by atoms with Crippen molar-refractivity contribution in [1.29, 1.82) is 0 Å². The summed E-state index contributed by atoms with van der Waals surface area (Å²) in [5.74, 6) is 6.04. The van der Waals surface area contributed by atoms with Crippen LogP contribution < -0.4 is 5.32 Å². The number of hydrogen-bond acceptors (Lipinski definition) is 6. The number of carbonyl (C=O) groups excluding carboxylic acids is 1. The van der Waals surface area contributed by atoms with E-state index >= 15 is 0 Å². The number of aliphatic hydroxyl groups is 2. The maximum atomic E-state index is 12.3. The Bertz CT molecular complexity index is 1160. The number of aryl methyl sites for hydroxylation is 1. The number of benzene rings is 1. The summed E-state index contributed by atoms with van der Waals surface area (Å²) in [5.41, 5.74) is 1.50. The van der Waals surface area contributed by atoms with Crippen LogP contribution >= 0.6 is 0 Å². The number of rotatable bonds is 2. The van der Waals surface area contributed by atoms with Crippen molar-refractivity contribution in [3.05, 3.63) is 53.7 Å². The molecule has 1 saturated carbocycles. The van der Waals surface area contributed by atoms with Gasteiger partial charge in [-0.2, -0.15) is 0 Å². The van der Waals surface area contributed by atoms with Crippen molar-refractivity contribution in [1.82, 2.24) is 24.8 Å². The van der Waals surface area contributed by atoms with Crippen LogP contribution in [0.3, 0.4) is 0 Å². The molecule has 8 nitrogen and oxygen atoms in total. The minimum Gasteiger partial charge on any atom is -0.389 e. The van der Waals surface area contributed by atoms with Crippen molar-refractivity contribution < 1.29 is 15.0 Å². The zero-order valence-electron chi connectivity index (χ0n) is 17.0. The Morgan fingerprint density at radius 2 is 1.97 bits per heavy atom. The summed E-state index contributed by atoms with van der Waals surface area (Å²) >= 11 is 0. The topological polar surface area (TPSA) is 113 Å². The highest BCUT2D eigenvalue weighted by molar-refractivity contribution is 5.83. The van der Waals surface area contributed by atoms with Gasteiger partial charge in [-0.25, -0.2) is 15.0 Å². The van der Waals surface area contributed by atoms with Crippen LogP contribution in [-0.2, 0) is 4.79 Å². The SMILES string of the molecule is CNC(=O)C1(C)C[C@@H](n2cnc3c(C)nc(C#Cc4ccccc4)nc32)[C@H](O)[C@@H]1O. The van der Waals surface area contributed by atoms with Crippen molar-refractivity contribution in [3.8, 4) is 11.8 Å². The maximum Gasteiger partial charge on any atom is 0.228 e. The van der Waals surface area contributed by atoms with E-state index < -0.39 is 23.7 Å². The number of hydrogen-bond donors (Lipinski definition) is 3. The number of fused-ring (bicyclic) bond motifs is 1. The Morgan fingerprint density at radius 3 is 2.67 bits per heavy atom. The second-order valence-electron chi connectivity index (χ2n) is 7.78. The Kier molecular flexibility index (Phi) is 5.02. The van der Waals surface area contributed by atoms with Gasteiger partial charge in [0.15, 0.2) is 5.65 Å². The van der Waals surface area contributed by atoms with E-state index in [1.165, 1.54) is 7.05 Å². The molecule has 0 aliphatic heterocycles. The monoisotopic (exact) mass is 405 g/mol. The Balaban J connectivity index is 1.75. The van der Waals surface area contributed by atoms with Gasteiger partial charge in [0.2, 0.25) is 11.7 Å². The molecular formula is C22H23N5O3. The molecule has 1 unspecified atom stereocenters. The van der Waals surface area contributed by atoms with E-state index in [9.17, 15) is 15.0 Å². The van der Waals surface area contributed by atoms with Crippen LogP contribution in [0.15, 0.2) is 36.7 Å². The van der Waals surface area contributed by atoms with Gasteiger partial charge in [-0.05, 0) is 38.3 Å². The second kappa shape index (κ2) is 7.52. The van der Waals surface area contributed by atoms with Gasteiger partial charge >= 0.3 is 0 Å². The van der Waals surface area contributed by atoms with Gasteiger partial charge in [-0.15, -0.1) is 0 Å². The van der Waals surface area contributed by atoms with Gasteiger partial charge in [0.1, 0.15) is 11.6 Å². The van der Waals surface area contributed by atoms with E-state index in [4.69, 9.17) is 0 Å². The minimum atomic E-state index is -1.21. The van der Waals surface area contributed by atoms with Crippen LogP contribution in [0.4, 0.5) is 0 Å². The van der Waals surface area contributed by atoms with Crippen LogP contribution in [0.2, 0.25) is 0 Å². The first-order valence-corrected chi connectivity index (χ1v) is 9.71. The molecule has 1 aromatic carbocycles. The first kappa shape index (κ1) is 20.0. The molecule has 8 heteroatoms. The lowest BCUT2D eigenvalue weighted by molar-refractivity contribution is -0.136. The zero-order chi connectivity index (χ0) is 21.5. The molecule has 0 saturated heterocycles. The number of aromatic nitrogens is 4. The third kappa shape index (κ3) is 3.22. The fourth-order valence-electron chi connectivity index (χ4n) is 4.04. The predicted octanol–water partition coefficient (Wildman–Crippen LogP) is 0.953. The highest BCUT2D eigenvalue weighted by atomic mass is 16.3. The minimum absolute atomic E-state index is 0.245. The summed E-state index contributed by atoms with van der Waals surface area (Å²) < 4.78 is 1.71. The van der Waals surface area contributed by atoms with E-state index in [-0.39, 0.29) is 12.3 Å². The fourth-order valence-corrected chi connectivity index (χ4v) is 4.04. The molecule has 30 heavy (non-hydrogen) atoms. The molecule has 2 heterocycles. The lowest BCUT2D eigenvalue weighted by Crippen LogP contribution is -2.45. The zero-order valence-corrected chi connectivity index (χ0v) is 17.0. The van der Waals surface area contributed by atoms with E-state index in [2.05, 4.69) is 32.1 Å². The largest absolute Gasteiger partial charge is 0.389 e. The van der Waals surface area contributed by atoms with E-state index in [1.807, 2.05) is 37.3 Å². The molecule has 3 aromatic rings.